The highest BCUT2D eigenvalue weighted by molar-refractivity contribution is 7.08. The normalized spacial score (nSPS) is 14.8. The van der Waals surface area contributed by atoms with Gasteiger partial charge in [-0.15, -0.1) is 11.3 Å². The Morgan fingerprint density at radius 2 is 1.78 bits per heavy atom. The Hall–Kier alpha value is -4.20. The van der Waals surface area contributed by atoms with Gasteiger partial charge in [0.25, 0.3) is 0 Å². The van der Waals surface area contributed by atoms with E-state index in [-0.39, 0.29) is 18.2 Å². The number of morpholine rings is 1. The lowest BCUT2D eigenvalue weighted by atomic mass is 10.1. The molecule has 0 spiro atoms. The van der Waals surface area contributed by atoms with Crippen LogP contribution < -0.4 is 20.1 Å². The van der Waals surface area contributed by atoms with E-state index in [4.69, 9.17) is 18.9 Å². The van der Waals surface area contributed by atoms with Gasteiger partial charge >= 0.3 is 12.1 Å². The molecule has 1 fully saturated rings. The summed E-state index contributed by atoms with van der Waals surface area (Å²) in [7, 11) is 0. The molecule has 1 aromatic carbocycles. The Balaban J connectivity index is 1.21. The van der Waals surface area contributed by atoms with Gasteiger partial charge in [0.05, 0.1) is 18.9 Å². The minimum Gasteiger partial charge on any atom is -0.486 e. The van der Waals surface area contributed by atoms with Crippen molar-refractivity contribution in [2.45, 2.75) is 45.8 Å². The van der Waals surface area contributed by atoms with E-state index in [1.54, 1.807) is 61.5 Å². The summed E-state index contributed by atoms with van der Waals surface area (Å²) in [5, 5.41) is 9.32. The summed E-state index contributed by atoms with van der Waals surface area (Å²) in [5.41, 5.74) is 2.31. The van der Waals surface area contributed by atoms with Crippen LogP contribution in [-0.4, -0.2) is 90.9 Å². The van der Waals surface area contributed by atoms with Crippen LogP contribution in [0.15, 0.2) is 47.3 Å². The predicted molar refractivity (Wildman–Crippen MR) is 175 cm³/mol. The third kappa shape index (κ3) is 9.65. The van der Waals surface area contributed by atoms with E-state index in [0.29, 0.717) is 60.4 Å². The van der Waals surface area contributed by atoms with Gasteiger partial charge < -0.3 is 29.2 Å². The van der Waals surface area contributed by atoms with E-state index in [1.165, 1.54) is 11.3 Å². The SMILES string of the molecule is CC(C)(C)OC(=O)Nc1cscc1CC(=O)c1ccc(CN(CCCN2CCOCC2)C(=O)Nc2ccc3c(c2)OCCO3)cn1. The third-order valence-electron chi connectivity index (χ3n) is 7.30. The standard InChI is InChI=1S/C33H41N5O7S/c1-33(2,3)45-32(41)36-27-22-46-21-24(27)17-28(39)26-7-5-23(19-34-26)20-38(10-4-9-37-11-13-42-14-12-37)31(40)35-25-6-8-29-30(18-25)44-16-15-43-29/h5-8,18-19,21-22H,4,9-17,20H2,1-3H3,(H,35,40)(H,36,41). The zero-order valence-corrected chi connectivity index (χ0v) is 27.3. The van der Waals surface area contributed by atoms with E-state index in [2.05, 4.69) is 20.5 Å². The second-order valence-electron chi connectivity index (χ2n) is 12.1. The lowest BCUT2D eigenvalue weighted by Crippen LogP contribution is -2.40. The molecular formula is C33H41N5O7S. The first kappa shape index (κ1) is 33.2. The van der Waals surface area contributed by atoms with Crippen LogP contribution >= 0.6 is 11.3 Å². The maximum atomic E-state index is 13.5. The Morgan fingerprint density at radius 3 is 2.52 bits per heavy atom. The Labute approximate surface area is 273 Å². The van der Waals surface area contributed by atoms with Gasteiger partial charge in [-0.2, -0.15) is 0 Å². The van der Waals surface area contributed by atoms with Gasteiger partial charge in [-0.05, 0) is 61.9 Å². The number of Topliss-reactive ketones (excluding diaryl/α,β-unsaturated/α-hetero) is 1. The number of amides is 3. The summed E-state index contributed by atoms with van der Waals surface area (Å²) in [6.45, 7) is 11.2. The number of hydrogen-bond donors (Lipinski definition) is 2. The number of carbonyl (C=O) groups excluding carboxylic acids is 3. The molecule has 246 valence electrons. The number of pyridine rings is 1. The van der Waals surface area contributed by atoms with Crippen LogP contribution in [0.1, 0.15) is 48.8 Å². The molecular weight excluding hydrogens is 610 g/mol. The zero-order chi connectivity index (χ0) is 32.5. The van der Waals surface area contributed by atoms with Crippen LogP contribution in [0.4, 0.5) is 21.0 Å². The fourth-order valence-electron chi connectivity index (χ4n) is 5.04. The summed E-state index contributed by atoms with van der Waals surface area (Å²) in [6, 6.07) is 8.60. The summed E-state index contributed by atoms with van der Waals surface area (Å²) in [5.74, 6) is 1.07. The molecule has 2 aliphatic rings. The fraction of sp³-hybridized carbons (Fsp3) is 0.455. The topological polar surface area (TPSA) is 132 Å². The highest BCUT2D eigenvalue weighted by atomic mass is 32.1. The van der Waals surface area contributed by atoms with Crippen LogP contribution in [0.3, 0.4) is 0 Å². The maximum Gasteiger partial charge on any atom is 0.412 e. The number of rotatable bonds is 11. The molecule has 0 aliphatic carbocycles. The van der Waals surface area contributed by atoms with Crippen molar-refractivity contribution in [2.75, 3.05) is 63.2 Å². The number of ether oxygens (including phenoxy) is 4. The summed E-state index contributed by atoms with van der Waals surface area (Å²) < 4.78 is 22.1. The maximum absolute atomic E-state index is 13.5. The molecule has 0 saturated carbocycles. The van der Waals surface area contributed by atoms with Crippen molar-refractivity contribution in [3.63, 3.8) is 0 Å². The fourth-order valence-corrected chi connectivity index (χ4v) is 5.83. The molecule has 2 aliphatic heterocycles. The molecule has 5 rings (SSSR count). The lowest BCUT2D eigenvalue weighted by molar-refractivity contribution is 0.0365. The lowest BCUT2D eigenvalue weighted by Gasteiger charge is -2.28. The number of urea groups is 1. The summed E-state index contributed by atoms with van der Waals surface area (Å²) >= 11 is 1.39. The van der Waals surface area contributed by atoms with Crippen molar-refractivity contribution in [1.82, 2.24) is 14.8 Å². The van der Waals surface area contributed by atoms with Crippen molar-refractivity contribution in [2.24, 2.45) is 0 Å². The average molecular weight is 652 g/mol. The van der Waals surface area contributed by atoms with Gasteiger partial charge in [0.15, 0.2) is 17.3 Å². The number of fused-ring (bicyclic) bond motifs is 1. The van der Waals surface area contributed by atoms with E-state index < -0.39 is 11.7 Å². The van der Waals surface area contributed by atoms with E-state index >= 15 is 0 Å². The van der Waals surface area contributed by atoms with E-state index in [1.807, 2.05) is 11.4 Å². The Morgan fingerprint density at radius 1 is 1.00 bits per heavy atom. The van der Waals surface area contributed by atoms with Gasteiger partial charge in [0.1, 0.15) is 24.5 Å². The molecule has 46 heavy (non-hydrogen) atoms. The molecule has 13 heteroatoms. The summed E-state index contributed by atoms with van der Waals surface area (Å²) in [4.78, 5) is 47.4. The van der Waals surface area contributed by atoms with Crippen LogP contribution in [0.5, 0.6) is 11.5 Å². The summed E-state index contributed by atoms with van der Waals surface area (Å²) in [6.07, 6.45) is 1.92. The quantitative estimate of drug-likeness (QED) is 0.260. The molecule has 2 N–H and O–H groups in total. The third-order valence-corrected chi connectivity index (χ3v) is 8.09. The predicted octanol–water partition coefficient (Wildman–Crippen LogP) is 5.44. The van der Waals surface area contributed by atoms with Crippen LogP contribution in [0.2, 0.25) is 0 Å². The van der Waals surface area contributed by atoms with Gasteiger partial charge in [0.2, 0.25) is 0 Å². The minimum absolute atomic E-state index is 0.0760. The number of thiophene rings is 1. The van der Waals surface area contributed by atoms with Gasteiger partial charge in [-0.3, -0.25) is 20.0 Å². The van der Waals surface area contributed by atoms with Crippen molar-refractivity contribution in [3.8, 4) is 11.5 Å². The van der Waals surface area contributed by atoms with Crippen molar-refractivity contribution < 1.29 is 33.3 Å². The van der Waals surface area contributed by atoms with Gasteiger partial charge in [-0.1, -0.05) is 6.07 Å². The molecule has 0 radical (unpaired) electrons. The second kappa shape index (κ2) is 15.4. The van der Waals surface area contributed by atoms with Crippen LogP contribution in [-0.2, 0) is 22.4 Å². The first-order valence-electron chi connectivity index (χ1n) is 15.4. The van der Waals surface area contributed by atoms with Crippen LogP contribution in [0, 0.1) is 0 Å². The monoisotopic (exact) mass is 651 g/mol. The van der Waals surface area contributed by atoms with Gasteiger partial charge in [0, 0.05) is 62.5 Å². The molecule has 3 amide bonds. The average Bonchev–Trinajstić information content (AvgIpc) is 3.46. The number of nitrogens with zero attached hydrogens (tertiary/aromatic N) is 3. The minimum atomic E-state index is -0.633. The van der Waals surface area contributed by atoms with E-state index in [0.717, 1.165) is 44.8 Å². The Kier molecular flexibility index (Phi) is 11.1. The first-order valence-corrected chi connectivity index (χ1v) is 16.4. The van der Waals surface area contributed by atoms with Crippen molar-refractivity contribution in [3.05, 3.63) is 64.1 Å². The molecule has 4 heterocycles. The molecule has 3 aromatic rings. The van der Waals surface area contributed by atoms with Crippen LogP contribution in [0.25, 0.3) is 0 Å². The highest BCUT2D eigenvalue weighted by Crippen LogP contribution is 2.32. The Bertz CT molecular complexity index is 1500. The number of carbonyl (C=O) groups is 3. The molecule has 0 bridgehead atoms. The van der Waals surface area contributed by atoms with E-state index in [9.17, 15) is 14.4 Å². The molecule has 2 aromatic heterocycles. The molecule has 12 nitrogen and oxygen atoms in total. The molecule has 1 saturated heterocycles. The largest absolute Gasteiger partial charge is 0.486 e. The second-order valence-corrected chi connectivity index (χ2v) is 12.9. The number of anilines is 2. The highest BCUT2D eigenvalue weighted by Gasteiger charge is 2.21. The molecule has 0 atom stereocenters. The van der Waals surface area contributed by atoms with Gasteiger partial charge in [-0.25, -0.2) is 9.59 Å². The smallest absolute Gasteiger partial charge is 0.412 e. The van der Waals surface area contributed by atoms with Crippen molar-refractivity contribution >= 4 is 40.6 Å². The van der Waals surface area contributed by atoms with Crippen molar-refractivity contribution in [1.29, 1.82) is 0 Å². The number of benzene rings is 1. The first-order chi connectivity index (χ1) is 22.1. The number of ketones is 1. The zero-order valence-electron chi connectivity index (χ0n) is 26.5. The number of nitrogens with one attached hydrogen (secondary N) is 2. The molecule has 0 unspecified atom stereocenters. The number of hydrogen-bond acceptors (Lipinski definition) is 10. The number of aromatic nitrogens is 1.